The van der Waals surface area contributed by atoms with Gasteiger partial charge in [0.1, 0.15) is 23.1 Å². The molecule has 2 amide bonds. The Morgan fingerprint density at radius 2 is 1.82 bits per heavy atom. The number of aliphatic hydroxyl groups is 1. The van der Waals surface area contributed by atoms with Gasteiger partial charge in [0.25, 0.3) is 11.8 Å². The molecule has 0 aromatic heterocycles. The highest BCUT2D eigenvalue weighted by molar-refractivity contribution is 5.98. The van der Waals surface area contributed by atoms with Gasteiger partial charge >= 0.3 is 0 Å². The van der Waals surface area contributed by atoms with Crippen LogP contribution < -0.4 is 20.1 Å². The Morgan fingerprint density at radius 1 is 1.05 bits per heavy atom. The molecule has 2 heterocycles. The predicted molar refractivity (Wildman–Crippen MR) is 143 cm³/mol. The van der Waals surface area contributed by atoms with E-state index in [2.05, 4.69) is 10.6 Å². The van der Waals surface area contributed by atoms with Gasteiger partial charge in [0.05, 0.1) is 43.6 Å². The van der Waals surface area contributed by atoms with Crippen molar-refractivity contribution in [3.8, 4) is 17.2 Å². The van der Waals surface area contributed by atoms with Gasteiger partial charge in [-0.2, -0.15) is 0 Å². The summed E-state index contributed by atoms with van der Waals surface area (Å²) in [7, 11) is 1.49. The molecule has 2 aliphatic heterocycles. The lowest BCUT2D eigenvalue weighted by Crippen LogP contribution is -2.48. The topological polar surface area (TPSA) is 126 Å². The van der Waals surface area contributed by atoms with E-state index in [4.69, 9.17) is 14.2 Å². The number of rotatable bonds is 8. The van der Waals surface area contributed by atoms with Crippen molar-refractivity contribution in [3.05, 3.63) is 87.7 Å². The van der Waals surface area contributed by atoms with Crippen molar-refractivity contribution in [3.63, 3.8) is 0 Å². The minimum Gasteiger partial charge on any atom is -0.508 e. The molecule has 5 rings (SSSR count). The first-order valence-electron chi connectivity index (χ1n) is 13.1. The smallest absolute Gasteiger partial charge is 0.255 e. The first kappa shape index (κ1) is 27.4. The van der Waals surface area contributed by atoms with Gasteiger partial charge in [0.2, 0.25) is 0 Å². The minimum atomic E-state index is -0.805. The van der Waals surface area contributed by atoms with E-state index in [9.17, 15) is 19.8 Å². The maximum Gasteiger partial charge on any atom is 0.255 e. The Kier molecular flexibility index (Phi) is 8.18. The third kappa shape index (κ3) is 5.88. The van der Waals surface area contributed by atoms with Crippen LogP contribution in [0.25, 0.3) is 0 Å². The van der Waals surface area contributed by atoms with E-state index in [-0.39, 0.29) is 36.8 Å². The van der Waals surface area contributed by atoms with Crippen molar-refractivity contribution in [2.75, 3.05) is 26.9 Å². The number of fused-ring (bicyclic) bond motifs is 1. The summed E-state index contributed by atoms with van der Waals surface area (Å²) in [5.74, 6) is -0.461. The number of amides is 2. The molecule has 3 aromatic rings. The van der Waals surface area contributed by atoms with Crippen LogP contribution in [0.1, 0.15) is 49.4 Å². The Bertz CT molecular complexity index is 1410. The lowest BCUT2D eigenvalue weighted by Gasteiger charge is -2.28. The van der Waals surface area contributed by atoms with E-state index < -0.39 is 23.9 Å². The Hall–Kier alpha value is -4.15. The Morgan fingerprint density at radius 3 is 2.55 bits per heavy atom. The van der Waals surface area contributed by atoms with E-state index in [0.717, 1.165) is 11.1 Å². The molecule has 0 radical (unpaired) electrons. The molecule has 0 unspecified atom stereocenters. The van der Waals surface area contributed by atoms with Crippen LogP contribution in [-0.2, 0) is 24.1 Å². The summed E-state index contributed by atoms with van der Waals surface area (Å²) in [6.07, 6.45) is 0.505. The van der Waals surface area contributed by atoms with E-state index in [1.807, 2.05) is 0 Å². The minimum absolute atomic E-state index is 0.0891. The van der Waals surface area contributed by atoms with Crippen LogP contribution in [0.2, 0.25) is 0 Å². The van der Waals surface area contributed by atoms with E-state index in [1.165, 1.54) is 31.4 Å². The van der Waals surface area contributed by atoms with Gasteiger partial charge in [0, 0.05) is 31.6 Å². The van der Waals surface area contributed by atoms with Gasteiger partial charge in [-0.15, -0.1) is 0 Å². The molecular weight excluding hydrogens is 519 g/mol. The highest BCUT2D eigenvalue weighted by Gasteiger charge is 2.30. The standard InChI is InChI=1S/C30H31FN2O7/c1-38-28-22-8-11-40-27(22)19(14-23(28)30(37)33-25-9-10-39-16-26(25)35)12-18-4-7-21(24(31)13-18)29(36)32-15-17-2-5-20(34)6-3-17/h2-7,13-14,25-26,34-35H,8-12,15-16H2,1H3,(H,32,36)(H,33,37)/t25-,26-/m0/s1. The van der Waals surface area contributed by atoms with Crippen molar-refractivity contribution in [1.82, 2.24) is 10.6 Å². The third-order valence-corrected chi connectivity index (χ3v) is 7.16. The van der Waals surface area contributed by atoms with Crippen molar-refractivity contribution < 1.29 is 38.4 Å². The molecule has 1 saturated heterocycles. The number of aromatic hydroxyl groups is 1. The van der Waals surface area contributed by atoms with Crippen molar-refractivity contribution in [2.45, 2.75) is 38.0 Å². The fourth-order valence-electron chi connectivity index (χ4n) is 5.06. The highest BCUT2D eigenvalue weighted by Crippen LogP contribution is 2.40. The summed E-state index contributed by atoms with van der Waals surface area (Å²) in [5.41, 5.74) is 3.04. The Labute approximate surface area is 230 Å². The third-order valence-electron chi connectivity index (χ3n) is 7.16. The zero-order valence-corrected chi connectivity index (χ0v) is 22.0. The molecule has 1 fully saturated rings. The second-order valence-corrected chi connectivity index (χ2v) is 9.87. The maximum absolute atomic E-state index is 15.0. The summed E-state index contributed by atoms with van der Waals surface area (Å²) in [4.78, 5) is 25.9. The van der Waals surface area contributed by atoms with Crippen molar-refractivity contribution in [2.24, 2.45) is 0 Å². The first-order valence-corrected chi connectivity index (χ1v) is 13.1. The number of ether oxygens (including phenoxy) is 3. The zero-order chi connectivity index (χ0) is 28.2. The summed E-state index contributed by atoms with van der Waals surface area (Å²) >= 11 is 0. The summed E-state index contributed by atoms with van der Waals surface area (Å²) in [6, 6.07) is 12.0. The van der Waals surface area contributed by atoms with Gasteiger partial charge in [-0.25, -0.2) is 4.39 Å². The molecule has 40 heavy (non-hydrogen) atoms. The molecule has 3 aromatic carbocycles. The average molecular weight is 551 g/mol. The SMILES string of the molecule is COc1c(C(=O)N[C@H]2CCOC[C@@H]2O)cc(Cc2ccc(C(=O)NCc3ccc(O)cc3)c(F)c2)c2c1CCO2. The summed E-state index contributed by atoms with van der Waals surface area (Å²) in [6.45, 7) is 1.21. The van der Waals surface area contributed by atoms with Gasteiger partial charge in [-0.1, -0.05) is 18.2 Å². The molecule has 0 bridgehead atoms. The Balaban J connectivity index is 1.35. The number of hydrogen-bond acceptors (Lipinski definition) is 7. The van der Waals surface area contributed by atoms with E-state index in [0.29, 0.717) is 54.2 Å². The highest BCUT2D eigenvalue weighted by atomic mass is 19.1. The van der Waals surface area contributed by atoms with E-state index in [1.54, 1.807) is 24.3 Å². The number of carbonyl (C=O) groups excluding carboxylic acids is 2. The lowest BCUT2D eigenvalue weighted by molar-refractivity contribution is -0.0261. The van der Waals surface area contributed by atoms with Crippen LogP contribution in [0.15, 0.2) is 48.5 Å². The molecular formula is C30H31FN2O7. The van der Waals surface area contributed by atoms with E-state index >= 15 is 4.39 Å². The molecule has 210 valence electrons. The molecule has 4 N–H and O–H groups in total. The molecule has 9 nitrogen and oxygen atoms in total. The predicted octanol–water partition coefficient (Wildman–Crippen LogP) is 2.88. The number of carbonyl (C=O) groups is 2. The summed E-state index contributed by atoms with van der Waals surface area (Å²) in [5, 5.41) is 25.2. The average Bonchev–Trinajstić information content (AvgIpc) is 3.44. The molecule has 2 atom stereocenters. The largest absolute Gasteiger partial charge is 0.508 e. The van der Waals surface area contributed by atoms with Crippen LogP contribution in [0.3, 0.4) is 0 Å². The fraction of sp³-hybridized carbons (Fsp3) is 0.333. The van der Waals surface area contributed by atoms with Gasteiger partial charge < -0.3 is 35.1 Å². The van der Waals surface area contributed by atoms with Crippen LogP contribution in [0.5, 0.6) is 17.2 Å². The van der Waals surface area contributed by atoms with Crippen molar-refractivity contribution in [1.29, 1.82) is 0 Å². The van der Waals surface area contributed by atoms with Crippen molar-refractivity contribution >= 4 is 11.8 Å². The lowest BCUT2D eigenvalue weighted by atomic mass is 9.95. The van der Waals surface area contributed by atoms with Crippen LogP contribution >= 0.6 is 0 Å². The zero-order valence-electron chi connectivity index (χ0n) is 22.0. The quantitative estimate of drug-likeness (QED) is 0.340. The van der Waals surface area contributed by atoms with Gasteiger partial charge in [0.15, 0.2) is 0 Å². The number of benzene rings is 3. The second kappa shape index (κ2) is 11.9. The number of halogens is 1. The van der Waals surface area contributed by atoms with Crippen LogP contribution in [0, 0.1) is 5.82 Å². The second-order valence-electron chi connectivity index (χ2n) is 9.87. The van der Waals surface area contributed by atoms with Crippen LogP contribution in [-0.4, -0.2) is 61.1 Å². The monoisotopic (exact) mass is 550 g/mol. The number of phenols is 1. The van der Waals surface area contributed by atoms with Gasteiger partial charge in [-0.05, 0) is 53.4 Å². The number of phenolic OH excluding ortho intramolecular Hbond substituents is 1. The number of aliphatic hydroxyl groups excluding tert-OH is 1. The molecule has 10 heteroatoms. The molecule has 2 aliphatic rings. The number of hydrogen-bond donors (Lipinski definition) is 4. The number of methoxy groups -OCH3 is 1. The first-order chi connectivity index (χ1) is 19.3. The summed E-state index contributed by atoms with van der Waals surface area (Å²) < 4.78 is 31.8. The molecule has 0 spiro atoms. The normalized spacial score (nSPS) is 18.0. The number of nitrogens with one attached hydrogen (secondary N) is 2. The van der Waals surface area contributed by atoms with Crippen LogP contribution in [0.4, 0.5) is 4.39 Å². The molecule has 0 saturated carbocycles. The maximum atomic E-state index is 15.0. The van der Waals surface area contributed by atoms with Gasteiger partial charge in [-0.3, -0.25) is 9.59 Å². The fourth-order valence-corrected chi connectivity index (χ4v) is 5.06. The molecule has 0 aliphatic carbocycles.